The monoisotopic (exact) mass is 267 g/mol. The number of nitrogens with one attached hydrogen (secondary N) is 1. The van der Waals surface area contributed by atoms with Crippen molar-refractivity contribution < 1.29 is 14.7 Å². The lowest BCUT2D eigenvalue weighted by molar-refractivity contribution is -0.162. The molecule has 2 rings (SSSR count). The van der Waals surface area contributed by atoms with Crippen LogP contribution in [0.3, 0.4) is 0 Å². The lowest BCUT2D eigenvalue weighted by Crippen LogP contribution is -2.50. The standard InChI is InChI=1S/C13H17NO3S/c1-2-9-4-7-18-10(9)8-14-11(15)13(12(16)17)5-3-6-13/h4,7H,2-3,5-6,8H2,1H3,(H,14,15)(H,16,17). The van der Waals surface area contributed by atoms with Gasteiger partial charge >= 0.3 is 5.97 Å². The minimum Gasteiger partial charge on any atom is -0.480 e. The van der Waals surface area contributed by atoms with Crippen LogP contribution in [0.1, 0.15) is 36.6 Å². The summed E-state index contributed by atoms with van der Waals surface area (Å²) in [4.78, 5) is 24.3. The molecule has 0 atom stereocenters. The molecule has 98 valence electrons. The van der Waals surface area contributed by atoms with Crippen LogP contribution in [-0.4, -0.2) is 17.0 Å². The van der Waals surface area contributed by atoms with Crippen LogP contribution in [0.2, 0.25) is 0 Å². The number of carboxylic acids is 1. The van der Waals surface area contributed by atoms with E-state index < -0.39 is 11.4 Å². The lowest BCUT2D eigenvalue weighted by Gasteiger charge is -2.35. The summed E-state index contributed by atoms with van der Waals surface area (Å²) in [6.45, 7) is 2.51. The molecular weight excluding hydrogens is 250 g/mol. The van der Waals surface area contributed by atoms with Gasteiger partial charge in [-0.15, -0.1) is 11.3 Å². The highest BCUT2D eigenvalue weighted by molar-refractivity contribution is 7.10. The fourth-order valence-electron chi connectivity index (χ4n) is 2.24. The number of thiophene rings is 1. The highest BCUT2D eigenvalue weighted by Crippen LogP contribution is 2.41. The summed E-state index contributed by atoms with van der Waals surface area (Å²) in [7, 11) is 0. The van der Waals surface area contributed by atoms with Crippen molar-refractivity contribution in [3.63, 3.8) is 0 Å². The molecule has 1 aromatic heterocycles. The Morgan fingerprint density at radius 2 is 2.22 bits per heavy atom. The first kappa shape index (κ1) is 13.1. The summed E-state index contributed by atoms with van der Waals surface area (Å²) in [5, 5.41) is 13.9. The zero-order valence-corrected chi connectivity index (χ0v) is 11.2. The van der Waals surface area contributed by atoms with Crippen molar-refractivity contribution in [2.45, 2.75) is 39.2 Å². The minimum atomic E-state index is -1.16. The maximum Gasteiger partial charge on any atom is 0.319 e. The van der Waals surface area contributed by atoms with Gasteiger partial charge in [-0.3, -0.25) is 9.59 Å². The van der Waals surface area contributed by atoms with E-state index in [0.717, 1.165) is 17.7 Å². The molecule has 0 spiro atoms. The van der Waals surface area contributed by atoms with Crippen LogP contribution in [0.25, 0.3) is 0 Å². The molecule has 1 heterocycles. The van der Waals surface area contributed by atoms with Crippen LogP contribution in [0.15, 0.2) is 11.4 Å². The zero-order chi connectivity index (χ0) is 13.2. The lowest BCUT2D eigenvalue weighted by atomic mass is 9.68. The summed E-state index contributed by atoms with van der Waals surface area (Å²) in [5.41, 5.74) is 0.0576. The Kier molecular flexibility index (Phi) is 3.71. The average Bonchev–Trinajstić information content (AvgIpc) is 2.71. The number of aliphatic carboxylic acids is 1. The van der Waals surface area contributed by atoms with Crippen LogP contribution in [-0.2, 0) is 22.6 Å². The first-order valence-corrected chi connectivity index (χ1v) is 7.05. The SMILES string of the molecule is CCc1ccsc1CNC(=O)C1(C(=O)O)CCC1. The summed E-state index contributed by atoms with van der Waals surface area (Å²) in [6, 6.07) is 2.04. The van der Waals surface area contributed by atoms with Gasteiger partial charge in [-0.1, -0.05) is 13.3 Å². The zero-order valence-electron chi connectivity index (χ0n) is 10.4. The second kappa shape index (κ2) is 5.10. The van der Waals surface area contributed by atoms with Crippen molar-refractivity contribution in [3.8, 4) is 0 Å². The number of hydrogen-bond acceptors (Lipinski definition) is 3. The summed E-state index contributed by atoms with van der Waals surface area (Å²) in [6.07, 6.45) is 2.66. The van der Waals surface area contributed by atoms with Crippen LogP contribution >= 0.6 is 11.3 Å². The Hall–Kier alpha value is -1.36. The molecule has 0 bridgehead atoms. The quantitative estimate of drug-likeness (QED) is 0.804. The predicted octanol–water partition coefficient (Wildman–Crippen LogP) is 2.18. The first-order valence-electron chi connectivity index (χ1n) is 6.17. The van der Waals surface area contributed by atoms with E-state index in [-0.39, 0.29) is 5.91 Å². The second-order valence-electron chi connectivity index (χ2n) is 4.65. The Bertz CT molecular complexity index is 463. The van der Waals surface area contributed by atoms with Crippen molar-refractivity contribution in [2.24, 2.45) is 5.41 Å². The van der Waals surface area contributed by atoms with E-state index in [1.54, 1.807) is 11.3 Å². The third-order valence-corrected chi connectivity index (χ3v) is 4.64. The van der Waals surface area contributed by atoms with E-state index in [1.807, 2.05) is 11.4 Å². The minimum absolute atomic E-state index is 0.336. The van der Waals surface area contributed by atoms with Crippen molar-refractivity contribution >= 4 is 23.2 Å². The third kappa shape index (κ3) is 2.14. The molecule has 0 aromatic carbocycles. The van der Waals surface area contributed by atoms with Crippen molar-refractivity contribution in [3.05, 3.63) is 21.9 Å². The third-order valence-electron chi connectivity index (χ3n) is 3.68. The number of rotatable bonds is 5. The number of carbonyl (C=O) groups is 2. The molecule has 0 saturated heterocycles. The van der Waals surface area contributed by atoms with E-state index in [1.165, 1.54) is 5.56 Å². The van der Waals surface area contributed by atoms with Crippen LogP contribution in [0.4, 0.5) is 0 Å². The molecule has 1 aliphatic carbocycles. The van der Waals surface area contributed by atoms with Crippen LogP contribution in [0.5, 0.6) is 0 Å². The van der Waals surface area contributed by atoms with E-state index in [9.17, 15) is 9.59 Å². The Morgan fingerprint density at radius 3 is 2.72 bits per heavy atom. The second-order valence-corrected chi connectivity index (χ2v) is 5.65. The average molecular weight is 267 g/mol. The van der Waals surface area contributed by atoms with Crippen molar-refractivity contribution in [1.82, 2.24) is 5.32 Å². The van der Waals surface area contributed by atoms with Gasteiger partial charge in [0.25, 0.3) is 0 Å². The van der Waals surface area contributed by atoms with Gasteiger partial charge in [0.05, 0.1) is 6.54 Å². The van der Waals surface area contributed by atoms with Crippen molar-refractivity contribution in [1.29, 1.82) is 0 Å². The van der Waals surface area contributed by atoms with Gasteiger partial charge in [0, 0.05) is 4.88 Å². The van der Waals surface area contributed by atoms with E-state index in [4.69, 9.17) is 5.11 Å². The predicted molar refractivity (Wildman–Crippen MR) is 69.5 cm³/mol. The van der Waals surface area contributed by atoms with Gasteiger partial charge in [0.2, 0.25) is 5.91 Å². The molecule has 1 aliphatic rings. The smallest absolute Gasteiger partial charge is 0.319 e. The maximum absolute atomic E-state index is 12.0. The molecule has 0 aliphatic heterocycles. The molecule has 4 nitrogen and oxygen atoms in total. The van der Waals surface area contributed by atoms with E-state index >= 15 is 0 Å². The maximum atomic E-state index is 12.0. The largest absolute Gasteiger partial charge is 0.480 e. The fraction of sp³-hybridized carbons (Fsp3) is 0.538. The molecular formula is C13H17NO3S. The topological polar surface area (TPSA) is 66.4 Å². The highest BCUT2D eigenvalue weighted by Gasteiger charge is 2.51. The number of amides is 1. The van der Waals surface area contributed by atoms with Crippen LogP contribution in [0, 0.1) is 5.41 Å². The van der Waals surface area contributed by atoms with Gasteiger partial charge in [-0.25, -0.2) is 0 Å². The molecule has 2 N–H and O–H groups in total. The Morgan fingerprint density at radius 1 is 1.50 bits per heavy atom. The van der Waals surface area contributed by atoms with Crippen molar-refractivity contribution in [2.75, 3.05) is 0 Å². The van der Waals surface area contributed by atoms with Gasteiger partial charge in [-0.05, 0) is 36.3 Å². The molecule has 1 aromatic rings. The summed E-state index contributed by atoms with van der Waals surface area (Å²) < 4.78 is 0. The van der Waals surface area contributed by atoms with Gasteiger partial charge in [-0.2, -0.15) is 0 Å². The number of carboxylic acid groups (broad SMARTS) is 1. The molecule has 18 heavy (non-hydrogen) atoms. The Balaban J connectivity index is 1.98. The number of carbonyl (C=O) groups excluding carboxylic acids is 1. The van der Waals surface area contributed by atoms with Gasteiger partial charge < -0.3 is 10.4 Å². The molecule has 1 saturated carbocycles. The summed E-state index contributed by atoms with van der Waals surface area (Å²) >= 11 is 1.60. The molecule has 1 fully saturated rings. The highest BCUT2D eigenvalue weighted by atomic mass is 32.1. The molecule has 0 radical (unpaired) electrons. The summed E-state index contributed by atoms with van der Waals surface area (Å²) in [5.74, 6) is -1.33. The van der Waals surface area contributed by atoms with Gasteiger partial charge in [0.1, 0.15) is 5.41 Å². The first-order chi connectivity index (χ1) is 8.60. The number of hydrogen-bond donors (Lipinski definition) is 2. The van der Waals surface area contributed by atoms with Gasteiger partial charge in [0.15, 0.2) is 0 Å². The normalized spacial score (nSPS) is 16.9. The number of aryl methyl sites for hydroxylation is 1. The molecule has 1 amide bonds. The Labute approximate surface area is 110 Å². The van der Waals surface area contributed by atoms with Crippen LogP contribution < -0.4 is 5.32 Å². The molecule has 5 heteroatoms. The molecule has 0 unspecified atom stereocenters. The van der Waals surface area contributed by atoms with E-state index in [0.29, 0.717) is 19.4 Å². The van der Waals surface area contributed by atoms with E-state index in [2.05, 4.69) is 12.2 Å². The fourth-order valence-corrected chi connectivity index (χ4v) is 3.15.